The average molecular weight is 289 g/mol. The molecule has 0 fully saturated rings. The van der Waals surface area contributed by atoms with Crippen molar-refractivity contribution in [3.05, 3.63) is 47.3 Å². The summed E-state index contributed by atoms with van der Waals surface area (Å²) in [5, 5.41) is 0.776. The van der Waals surface area contributed by atoms with E-state index in [1.807, 2.05) is 32.0 Å². The highest BCUT2D eigenvalue weighted by Gasteiger charge is 2.08. The third-order valence-corrected chi connectivity index (χ3v) is 3.87. The fraction of sp³-hybridized carbons (Fsp3) is 0.333. The second-order valence-electron chi connectivity index (χ2n) is 4.63. The van der Waals surface area contributed by atoms with E-state index >= 15 is 0 Å². The molecule has 106 valence electrons. The van der Waals surface area contributed by atoms with E-state index in [2.05, 4.69) is 16.0 Å². The van der Waals surface area contributed by atoms with E-state index in [0.717, 1.165) is 33.5 Å². The van der Waals surface area contributed by atoms with E-state index in [9.17, 15) is 0 Å². The molecule has 2 rings (SSSR count). The zero-order chi connectivity index (χ0) is 14.5. The Morgan fingerprint density at radius 1 is 1.35 bits per heavy atom. The zero-order valence-electron chi connectivity index (χ0n) is 12.0. The van der Waals surface area contributed by atoms with Crippen molar-refractivity contribution in [1.29, 1.82) is 0 Å². The molecule has 4 nitrogen and oxygen atoms in total. The first-order valence-corrected chi connectivity index (χ1v) is 7.43. The van der Waals surface area contributed by atoms with Crippen LogP contribution in [0, 0.1) is 6.92 Å². The van der Waals surface area contributed by atoms with Crippen LogP contribution in [0.5, 0.6) is 5.75 Å². The van der Waals surface area contributed by atoms with Gasteiger partial charge in [0.1, 0.15) is 5.75 Å². The summed E-state index contributed by atoms with van der Waals surface area (Å²) in [7, 11) is 1.68. The van der Waals surface area contributed by atoms with Crippen molar-refractivity contribution in [3.63, 3.8) is 0 Å². The zero-order valence-corrected chi connectivity index (χ0v) is 12.8. The summed E-state index contributed by atoms with van der Waals surface area (Å²) in [4.78, 5) is 8.64. The lowest BCUT2D eigenvalue weighted by atomic mass is 10.1. The Hall–Kier alpha value is -1.59. The van der Waals surface area contributed by atoms with Gasteiger partial charge in [0.25, 0.3) is 0 Å². The number of rotatable bonds is 5. The van der Waals surface area contributed by atoms with Gasteiger partial charge >= 0.3 is 0 Å². The first-order chi connectivity index (χ1) is 9.60. The van der Waals surface area contributed by atoms with Gasteiger partial charge in [-0.3, -0.25) is 0 Å². The SMILES string of the molecule is COc1ccc(C(C)N)cc1CSc1nccc(C)n1. The van der Waals surface area contributed by atoms with Crippen LogP contribution in [0.4, 0.5) is 0 Å². The number of aryl methyl sites for hydroxylation is 1. The van der Waals surface area contributed by atoms with Gasteiger partial charge in [0, 0.05) is 29.2 Å². The lowest BCUT2D eigenvalue weighted by molar-refractivity contribution is 0.411. The van der Waals surface area contributed by atoms with Gasteiger partial charge in [-0.1, -0.05) is 17.8 Å². The minimum absolute atomic E-state index is 0.0138. The molecule has 0 amide bonds. The van der Waals surface area contributed by atoms with Crippen molar-refractivity contribution >= 4 is 11.8 Å². The number of hydrogen-bond acceptors (Lipinski definition) is 5. The third kappa shape index (κ3) is 3.71. The van der Waals surface area contributed by atoms with E-state index in [4.69, 9.17) is 10.5 Å². The maximum atomic E-state index is 5.93. The topological polar surface area (TPSA) is 61.0 Å². The normalized spacial score (nSPS) is 12.2. The lowest BCUT2D eigenvalue weighted by Gasteiger charge is -2.12. The van der Waals surface area contributed by atoms with Gasteiger partial charge in [0.15, 0.2) is 5.16 Å². The number of thioether (sulfide) groups is 1. The van der Waals surface area contributed by atoms with Gasteiger partial charge in [-0.2, -0.15) is 0 Å². The van der Waals surface area contributed by atoms with Crippen molar-refractivity contribution < 1.29 is 4.74 Å². The molecule has 0 aliphatic rings. The predicted molar refractivity (Wildman–Crippen MR) is 81.9 cm³/mol. The molecule has 0 aliphatic carbocycles. The number of nitrogens with two attached hydrogens (primary N) is 1. The van der Waals surface area contributed by atoms with Gasteiger partial charge in [0.2, 0.25) is 0 Å². The molecule has 1 heterocycles. The predicted octanol–water partition coefficient (Wildman–Crippen LogP) is 3.11. The largest absolute Gasteiger partial charge is 0.496 e. The first-order valence-electron chi connectivity index (χ1n) is 6.45. The molecule has 0 saturated heterocycles. The van der Waals surface area contributed by atoms with Crippen LogP contribution in [0.1, 0.15) is 29.8 Å². The maximum Gasteiger partial charge on any atom is 0.188 e. The van der Waals surface area contributed by atoms with Crippen LogP contribution in [0.25, 0.3) is 0 Å². The molecule has 20 heavy (non-hydrogen) atoms. The van der Waals surface area contributed by atoms with Crippen LogP contribution in [0.15, 0.2) is 35.6 Å². The number of methoxy groups -OCH3 is 1. The van der Waals surface area contributed by atoms with E-state index in [1.165, 1.54) is 0 Å². The van der Waals surface area contributed by atoms with Gasteiger partial charge in [-0.25, -0.2) is 9.97 Å². The van der Waals surface area contributed by atoms with Crippen molar-refractivity contribution in [2.45, 2.75) is 30.8 Å². The van der Waals surface area contributed by atoms with Crippen molar-refractivity contribution in [2.24, 2.45) is 5.73 Å². The number of benzene rings is 1. The third-order valence-electron chi connectivity index (χ3n) is 2.96. The van der Waals surface area contributed by atoms with Gasteiger partial charge in [0.05, 0.1) is 7.11 Å². The van der Waals surface area contributed by atoms with Crippen LogP contribution in [0.3, 0.4) is 0 Å². The fourth-order valence-corrected chi connectivity index (χ4v) is 2.69. The summed E-state index contributed by atoms with van der Waals surface area (Å²) >= 11 is 1.59. The highest BCUT2D eigenvalue weighted by atomic mass is 32.2. The van der Waals surface area contributed by atoms with Gasteiger partial charge in [-0.15, -0.1) is 0 Å². The highest BCUT2D eigenvalue weighted by molar-refractivity contribution is 7.98. The molecule has 5 heteroatoms. The molecule has 2 N–H and O–H groups in total. The number of ether oxygens (including phenoxy) is 1. The van der Waals surface area contributed by atoms with Crippen molar-refractivity contribution in [1.82, 2.24) is 9.97 Å². The van der Waals surface area contributed by atoms with Gasteiger partial charge in [-0.05, 0) is 37.6 Å². The molecule has 1 aromatic carbocycles. The molecule has 1 unspecified atom stereocenters. The summed E-state index contributed by atoms with van der Waals surface area (Å²) in [6.07, 6.45) is 1.78. The highest BCUT2D eigenvalue weighted by Crippen LogP contribution is 2.28. The van der Waals surface area contributed by atoms with Gasteiger partial charge < -0.3 is 10.5 Å². The Bertz CT molecular complexity index is 587. The van der Waals surface area contributed by atoms with Crippen LogP contribution in [-0.2, 0) is 5.75 Å². The monoisotopic (exact) mass is 289 g/mol. The fourth-order valence-electron chi connectivity index (χ4n) is 1.83. The number of hydrogen-bond donors (Lipinski definition) is 1. The molecule has 0 aliphatic heterocycles. The van der Waals surface area contributed by atoms with Crippen LogP contribution < -0.4 is 10.5 Å². The molecular weight excluding hydrogens is 270 g/mol. The molecule has 0 spiro atoms. The minimum Gasteiger partial charge on any atom is -0.496 e. The molecule has 1 atom stereocenters. The molecular formula is C15H19N3OS. The van der Waals surface area contributed by atoms with E-state index < -0.39 is 0 Å². The molecule has 0 saturated carbocycles. The molecule has 2 aromatic rings. The second kappa shape index (κ2) is 6.72. The van der Waals surface area contributed by atoms with Crippen LogP contribution in [0.2, 0.25) is 0 Å². The summed E-state index contributed by atoms with van der Waals surface area (Å²) in [5.74, 6) is 1.63. The first kappa shape index (κ1) is 14.8. The summed E-state index contributed by atoms with van der Waals surface area (Å²) in [5.41, 5.74) is 9.11. The molecule has 1 aromatic heterocycles. The average Bonchev–Trinajstić information content (AvgIpc) is 2.44. The van der Waals surface area contributed by atoms with E-state index in [0.29, 0.717) is 0 Å². The van der Waals surface area contributed by atoms with E-state index in [-0.39, 0.29) is 6.04 Å². The van der Waals surface area contributed by atoms with Crippen LogP contribution >= 0.6 is 11.8 Å². The molecule has 0 bridgehead atoms. The minimum atomic E-state index is 0.0138. The quantitative estimate of drug-likeness (QED) is 0.677. The molecule has 0 radical (unpaired) electrons. The Labute approximate surface area is 123 Å². The maximum absolute atomic E-state index is 5.93. The Balaban J connectivity index is 2.17. The summed E-state index contributed by atoms with van der Waals surface area (Å²) in [6.45, 7) is 3.94. The second-order valence-corrected chi connectivity index (χ2v) is 5.57. The van der Waals surface area contributed by atoms with Crippen molar-refractivity contribution in [2.75, 3.05) is 7.11 Å². The lowest BCUT2D eigenvalue weighted by Crippen LogP contribution is -2.05. The number of aromatic nitrogens is 2. The standard InChI is InChI=1S/C15H19N3OS/c1-10-6-7-17-15(18-10)20-9-13-8-12(11(2)16)4-5-14(13)19-3/h4-8,11H,9,16H2,1-3H3. The Kier molecular flexibility index (Phi) is 4.98. The van der Waals surface area contributed by atoms with E-state index in [1.54, 1.807) is 25.1 Å². The van der Waals surface area contributed by atoms with Crippen molar-refractivity contribution in [3.8, 4) is 5.75 Å². The number of nitrogens with zero attached hydrogens (tertiary/aromatic N) is 2. The van der Waals surface area contributed by atoms with Crippen LogP contribution in [-0.4, -0.2) is 17.1 Å². The Morgan fingerprint density at radius 2 is 2.15 bits per heavy atom. The Morgan fingerprint density at radius 3 is 2.80 bits per heavy atom. The smallest absolute Gasteiger partial charge is 0.188 e. The summed E-state index contributed by atoms with van der Waals surface area (Å²) < 4.78 is 5.40. The summed E-state index contributed by atoms with van der Waals surface area (Å²) in [6, 6.07) is 7.96.